The van der Waals surface area contributed by atoms with Crippen LogP contribution in [0.15, 0.2) is 59.6 Å². The maximum absolute atomic E-state index is 5.66. The summed E-state index contributed by atoms with van der Waals surface area (Å²) in [5, 5.41) is 3.57. The third-order valence-corrected chi connectivity index (χ3v) is 6.09. The summed E-state index contributed by atoms with van der Waals surface area (Å²) >= 11 is 0. The van der Waals surface area contributed by atoms with Crippen LogP contribution in [-0.4, -0.2) is 74.8 Å². The topological polar surface area (TPSA) is 43.3 Å². The van der Waals surface area contributed by atoms with Gasteiger partial charge in [-0.1, -0.05) is 42.5 Å². The monoisotopic (exact) mass is 549 g/mol. The molecule has 32 heavy (non-hydrogen) atoms. The van der Waals surface area contributed by atoms with Gasteiger partial charge in [0.15, 0.2) is 5.96 Å². The van der Waals surface area contributed by atoms with Gasteiger partial charge in [-0.25, -0.2) is 0 Å². The maximum atomic E-state index is 5.66. The minimum Gasteiger partial charge on any atom is -0.376 e. The lowest BCUT2D eigenvalue weighted by Gasteiger charge is -2.37. The number of nitrogens with one attached hydrogen (secondary N) is 1. The molecule has 0 amide bonds. The van der Waals surface area contributed by atoms with Gasteiger partial charge in [-0.2, -0.15) is 0 Å². The summed E-state index contributed by atoms with van der Waals surface area (Å²) < 4.78 is 5.66. The van der Waals surface area contributed by atoms with Crippen molar-refractivity contribution in [3.63, 3.8) is 0 Å². The molecule has 0 radical (unpaired) electrons. The average molecular weight is 550 g/mol. The van der Waals surface area contributed by atoms with Gasteiger partial charge in [0.05, 0.1) is 12.7 Å². The summed E-state index contributed by atoms with van der Waals surface area (Å²) in [6.07, 6.45) is 0.323. The van der Waals surface area contributed by atoms with Gasteiger partial charge >= 0.3 is 0 Å². The number of hydrogen-bond acceptors (Lipinski definition) is 4. The second kappa shape index (κ2) is 12.4. The highest BCUT2D eigenvalue weighted by atomic mass is 127. The van der Waals surface area contributed by atoms with Gasteiger partial charge in [0.25, 0.3) is 0 Å². The number of para-hydroxylation sites is 1. The van der Waals surface area contributed by atoms with Crippen LogP contribution in [0.3, 0.4) is 0 Å². The van der Waals surface area contributed by atoms with Crippen LogP contribution < -0.4 is 10.2 Å². The zero-order valence-corrected chi connectivity index (χ0v) is 21.6. The zero-order chi connectivity index (χ0) is 21.5. The number of anilines is 1. The Labute approximate surface area is 209 Å². The van der Waals surface area contributed by atoms with Crippen LogP contribution in [0.2, 0.25) is 0 Å². The van der Waals surface area contributed by atoms with E-state index in [4.69, 9.17) is 4.74 Å². The van der Waals surface area contributed by atoms with Crippen molar-refractivity contribution in [2.45, 2.75) is 26.1 Å². The first-order valence-electron chi connectivity index (χ1n) is 11.4. The van der Waals surface area contributed by atoms with E-state index in [0.29, 0.717) is 6.10 Å². The predicted octanol–water partition coefficient (Wildman–Crippen LogP) is 3.42. The number of morpholine rings is 1. The lowest BCUT2D eigenvalue weighted by atomic mass is 10.1. The van der Waals surface area contributed by atoms with Crippen molar-refractivity contribution in [2.24, 2.45) is 4.99 Å². The largest absolute Gasteiger partial charge is 0.376 e. The van der Waals surface area contributed by atoms with E-state index in [1.165, 1.54) is 16.8 Å². The standard InChI is InChI=1S/C25H35N5O.HI/c1-21-19-28(15-16-31-21)20-23-8-6-7-22(17-23)18-27-25(26-2)30-13-11-29(12-14-30)24-9-4-3-5-10-24;/h3-10,17,21H,11-16,18-20H2,1-2H3,(H,26,27);1H. The summed E-state index contributed by atoms with van der Waals surface area (Å²) in [6, 6.07) is 19.6. The van der Waals surface area contributed by atoms with Gasteiger partial charge in [-0.15, -0.1) is 24.0 Å². The molecule has 174 valence electrons. The Balaban J connectivity index is 0.00000289. The van der Waals surface area contributed by atoms with E-state index < -0.39 is 0 Å². The average Bonchev–Trinajstić information content (AvgIpc) is 2.81. The van der Waals surface area contributed by atoms with E-state index in [0.717, 1.165) is 64.9 Å². The molecule has 0 saturated carbocycles. The number of nitrogens with zero attached hydrogens (tertiary/aromatic N) is 4. The molecule has 0 aliphatic carbocycles. The molecule has 0 bridgehead atoms. The molecule has 1 N–H and O–H groups in total. The first-order valence-corrected chi connectivity index (χ1v) is 11.4. The normalized spacial score (nSPS) is 20.1. The first-order chi connectivity index (χ1) is 15.2. The van der Waals surface area contributed by atoms with Gasteiger partial charge in [-0.05, 0) is 30.2 Å². The fourth-order valence-electron chi connectivity index (χ4n) is 4.46. The van der Waals surface area contributed by atoms with E-state index in [1.54, 1.807) is 0 Å². The van der Waals surface area contributed by atoms with Crippen molar-refractivity contribution in [1.29, 1.82) is 0 Å². The maximum Gasteiger partial charge on any atom is 0.194 e. The van der Waals surface area contributed by atoms with Crippen molar-refractivity contribution >= 4 is 35.6 Å². The van der Waals surface area contributed by atoms with Crippen LogP contribution in [0.4, 0.5) is 5.69 Å². The van der Waals surface area contributed by atoms with Gasteiger partial charge in [-0.3, -0.25) is 9.89 Å². The molecule has 4 rings (SSSR count). The number of ether oxygens (including phenoxy) is 1. The fourth-order valence-corrected chi connectivity index (χ4v) is 4.46. The van der Waals surface area contributed by atoms with Crippen molar-refractivity contribution < 1.29 is 4.74 Å². The van der Waals surface area contributed by atoms with Crippen molar-refractivity contribution in [3.8, 4) is 0 Å². The quantitative estimate of drug-likeness (QED) is 0.352. The van der Waals surface area contributed by atoms with Crippen LogP contribution in [0.1, 0.15) is 18.1 Å². The number of hydrogen-bond donors (Lipinski definition) is 1. The van der Waals surface area contributed by atoms with E-state index in [2.05, 4.69) is 86.5 Å². The van der Waals surface area contributed by atoms with Crippen molar-refractivity contribution in [1.82, 2.24) is 15.1 Å². The first kappa shape index (κ1) is 24.8. The molecule has 2 aromatic rings. The van der Waals surface area contributed by atoms with Crippen LogP contribution in [0.5, 0.6) is 0 Å². The molecule has 1 atom stereocenters. The highest BCUT2D eigenvalue weighted by Crippen LogP contribution is 2.16. The van der Waals surface area contributed by atoms with Gasteiger partial charge in [0, 0.05) is 65.1 Å². The molecule has 2 aromatic carbocycles. The second-order valence-corrected chi connectivity index (χ2v) is 8.45. The molecule has 2 aliphatic heterocycles. The fraction of sp³-hybridized carbons (Fsp3) is 0.480. The summed E-state index contributed by atoms with van der Waals surface area (Å²) in [5.74, 6) is 0.986. The van der Waals surface area contributed by atoms with Gasteiger partial charge in [0.1, 0.15) is 0 Å². The van der Waals surface area contributed by atoms with Crippen LogP contribution in [0, 0.1) is 0 Å². The molecule has 7 heteroatoms. The minimum absolute atomic E-state index is 0. The number of guanidine groups is 1. The third kappa shape index (κ3) is 6.83. The van der Waals surface area contributed by atoms with Crippen LogP contribution in [0.25, 0.3) is 0 Å². The summed E-state index contributed by atoms with van der Waals surface area (Å²) in [4.78, 5) is 11.8. The Hall–Kier alpha value is -1.84. The molecule has 6 nitrogen and oxygen atoms in total. The number of halogens is 1. The smallest absolute Gasteiger partial charge is 0.194 e. The van der Waals surface area contributed by atoms with E-state index >= 15 is 0 Å². The van der Waals surface area contributed by atoms with Crippen molar-refractivity contribution in [2.75, 3.05) is 57.8 Å². The molecule has 2 aliphatic rings. The number of aliphatic imine (C=N–C) groups is 1. The summed E-state index contributed by atoms with van der Waals surface area (Å²) in [7, 11) is 1.88. The van der Waals surface area contributed by atoms with Gasteiger partial charge in [0.2, 0.25) is 0 Å². The SMILES string of the molecule is CN=C(NCc1cccc(CN2CCOC(C)C2)c1)N1CCN(c2ccccc2)CC1.I. The molecule has 2 heterocycles. The number of piperazine rings is 1. The van der Waals surface area contributed by atoms with Crippen molar-refractivity contribution in [3.05, 3.63) is 65.7 Å². The molecular formula is C25H36IN5O. The van der Waals surface area contributed by atoms with E-state index in [1.807, 2.05) is 7.05 Å². The Morgan fingerprint density at radius 1 is 1.00 bits per heavy atom. The lowest BCUT2D eigenvalue weighted by Crippen LogP contribution is -2.52. The third-order valence-electron chi connectivity index (χ3n) is 6.09. The lowest BCUT2D eigenvalue weighted by molar-refractivity contribution is -0.0212. The Morgan fingerprint density at radius 2 is 1.75 bits per heavy atom. The van der Waals surface area contributed by atoms with Crippen LogP contribution in [-0.2, 0) is 17.8 Å². The summed E-state index contributed by atoms with van der Waals surface area (Å²) in [6.45, 7) is 10.7. The molecule has 2 fully saturated rings. The highest BCUT2D eigenvalue weighted by molar-refractivity contribution is 14.0. The zero-order valence-electron chi connectivity index (χ0n) is 19.2. The molecule has 0 aromatic heterocycles. The Morgan fingerprint density at radius 3 is 2.47 bits per heavy atom. The Bertz CT molecular complexity index is 854. The highest BCUT2D eigenvalue weighted by Gasteiger charge is 2.20. The number of benzene rings is 2. The molecule has 2 saturated heterocycles. The van der Waals surface area contributed by atoms with E-state index in [9.17, 15) is 0 Å². The Kier molecular flexibility index (Phi) is 9.62. The molecule has 1 unspecified atom stereocenters. The van der Waals surface area contributed by atoms with Gasteiger partial charge < -0.3 is 19.9 Å². The molecule has 0 spiro atoms. The van der Waals surface area contributed by atoms with Crippen LogP contribution >= 0.6 is 24.0 Å². The minimum atomic E-state index is 0. The number of rotatable bonds is 5. The predicted molar refractivity (Wildman–Crippen MR) is 143 cm³/mol. The van der Waals surface area contributed by atoms with E-state index in [-0.39, 0.29) is 24.0 Å². The molecular weight excluding hydrogens is 513 g/mol. The summed E-state index contributed by atoms with van der Waals surface area (Å²) in [5.41, 5.74) is 3.96. The second-order valence-electron chi connectivity index (χ2n) is 8.45.